The average molecular weight is 379 g/mol. The molecule has 0 fully saturated rings. The summed E-state index contributed by atoms with van der Waals surface area (Å²) in [4.78, 5) is 4.82. The lowest BCUT2D eigenvalue weighted by atomic mass is 10.3. The van der Waals surface area contributed by atoms with E-state index in [2.05, 4.69) is 25.6 Å². The normalized spacial score (nSPS) is 11.8. The predicted octanol–water partition coefficient (Wildman–Crippen LogP) is 3.09. The van der Waals surface area contributed by atoms with Gasteiger partial charge in [0.2, 0.25) is 10.0 Å². The van der Waals surface area contributed by atoms with Gasteiger partial charge in [-0.15, -0.1) is 11.3 Å². The molecule has 1 heterocycles. The molecule has 0 aliphatic carbocycles. The van der Waals surface area contributed by atoms with Crippen LogP contribution in [-0.4, -0.2) is 13.4 Å². The number of thiazole rings is 1. The van der Waals surface area contributed by atoms with Gasteiger partial charge in [-0.25, -0.2) is 22.5 Å². The van der Waals surface area contributed by atoms with Gasteiger partial charge in [-0.2, -0.15) is 0 Å². The smallest absolute Gasteiger partial charge is 0.243 e. The fourth-order valence-corrected chi connectivity index (χ4v) is 3.79. The molecule has 2 aromatic rings. The molecule has 0 bridgehead atoms. The Bertz CT molecular complexity index is 716. The Morgan fingerprint density at radius 1 is 1.45 bits per heavy atom. The van der Waals surface area contributed by atoms with Gasteiger partial charge in [-0.3, -0.25) is 0 Å². The number of benzene rings is 1. The van der Waals surface area contributed by atoms with Crippen molar-refractivity contribution in [3.05, 3.63) is 44.6 Å². The van der Waals surface area contributed by atoms with Crippen LogP contribution in [0.4, 0.5) is 4.39 Å². The third-order valence-electron chi connectivity index (χ3n) is 2.55. The van der Waals surface area contributed by atoms with Crippen molar-refractivity contribution < 1.29 is 12.8 Å². The van der Waals surface area contributed by atoms with E-state index in [1.807, 2.05) is 6.92 Å². The van der Waals surface area contributed by atoms with Gasteiger partial charge in [0.25, 0.3) is 0 Å². The average Bonchev–Trinajstić information content (AvgIpc) is 2.84. The van der Waals surface area contributed by atoms with E-state index in [4.69, 9.17) is 0 Å². The molecule has 0 radical (unpaired) electrons. The highest BCUT2D eigenvalue weighted by molar-refractivity contribution is 9.10. The molecule has 8 heteroatoms. The van der Waals surface area contributed by atoms with Crippen LogP contribution in [0, 0.1) is 5.82 Å². The number of halogens is 2. The number of aryl methyl sites for hydroxylation is 1. The minimum absolute atomic E-state index is 0.0580. The van der Waals surface area contributed by atoms with Crippen molar-refractivity contribution in [2.75, 3.05) is 0 Å². The second kappa shape index (κ2) is 6.30. The molecule has 0 atom stereocenters. The van der Waals surface area contributed by atoms with E-state index in [1.165, 1.54) is 23.5 Å². The van der Waals surface area contributed by atoms with Crippen LogP contribution < -0.4 is 4.72 Å². The van der Waals surface area contributed by atoms with Crippen LogP contribution in [0.25, 0.3) is 0 Å². The zero-order valence-electron chi connectivity index (χ0n) is 10.6. The molecule has 0 unspecified atom stereocenters. The van der Waals surface area contributed by atoms with Crippen molar-refractivity contribution >= 4 is 37.3 Å². The van der Waals surface area contributed by atoms with Gasteiger partial charge in [-0.1, -0.05) is 22.9 Å². The molecule has 0 amide bonds. The first-order valence-electron chi connectivity index (χ1n) is 5.80. The topological polar surface area (TPSA) is 59.1 Å². The summed E-state index contributed by atoms with van der Waals surface area (Å²) < 4.78 is 40.6. The second-order valence-corrected chi connectivity index (χ2v) is 7.82. The Morgan fingerprint density at radius 3 is 2.80 bits per heavy atom. The number of rotatable bonds is 5. The molecule has 2 rings (SSSR count). The Labute approximate surface area is 129 Å². The Balaban J connectivity index is 2.14. The first-order valence-corrected chi connectivity index (χ1v) is 8.90. The lowest BCUT2D eigenvalue weighted by Crippen LogP contribution is -2.24. The van der Waals surface area contributed by atoms with E-state index in [-0.39, 0.29) is 11.4 Å². The van der Waals surface area contributed by atoms with Gasteiger partial charge in [0.1, 0.15) is 15.7 Å². The van der Waals surface area contributed by atoms with E-state index in [0.717, 1.165) is 17.4 Å². The number of sulfonamides is 1. The highest BCUT2D eigenvalue weighted by Crippen LogP contribution is 2.20. The standard InChI is InChI=1S/C12H12BrFN2O2S2/c1-2-9-6-15-12(19-9)7-16-20(17,18)11-4-3-8(13)5-10(11)14/h3-6,16H,2,7H2,1H3. The monoisotopic (exact) mass is 378 g/mol. The molecule has 1 N–H and O–H groups in total. The van der Waals surface area contributed by atoms with Crippen molar-refractivity contribution in [1.82, 2.24) is 9.71 Å². The molecule has 1 aromatic carbocycles. The first kappa shape index (κ1) is 15.6. The van der Waals surface area contributed by atoms with Gasteiger partial charge in [0, 0.05) is 15.5 Å². The van der Waals surface area contributed by atoms with Crippen molar-refractivity contribution in [1.29, 1.82) is 0 Å². The summed E-state index contributed by atoms with van der Waals surface area (Å²) >= 11 is 4.52. The first-order chi connectivity index (χ1) is 9.42. The summed E-state index contributed by atoms with van der Waals surface area (Å²) in [5, 5.41) is 0.656. The molecule has 0 spiro atoms. The summed E-state index contributed by atoms with van der Waals surface area (Å²) in [6, 6.07) is 3.82. The minimum Gasteiger partial charge on any atom is -0.248 e. The van der Waals surface area contributed by atoms with E-state index in [0.29, 0.717) is 9.48 Å². The van der Waals surface area contributed by atoms with Gasteiger partial charge in [-0.05, 0) is 24.6 Å². The summed E-state index contributed by atoms with van der Waals surface area (Å²) in [5.41, 5.74) is 0. The fraction of sp³-hybridized carbons (Fsp3) is 0.250. The Hall–Kier alpha value is -0.830. The highest BCUT2D eigenvalue weighted by Gasteiger charge is 2.19. The molecule has 1 aromatic heterocycles. The highest BCUT2D eigenvalue weighted by atomic mass is 79.9. The third kappa shape index (κ3) is 3.63. The molecule has 0 aliphatic rings. The lowest BCUT2D eigenvalue weighted by Gasteiger charge is -2.06. The van der Waals surface area contributed by atoms with Crippen LogP contribution in [0.3, 0.4) is 0 Å². The van der Waals surface area contributed by atoms with Crippen LogP contribution >= 0.6 is 27.3 Å². The second-order valence-electron chi connectivity index (χ2n) is 3.97. The van der Waals surface area contributed by atoms with Crippen molar-refractivity contribution in [2.45, 2.75) is 24.8 Å². The predicted molar refractivity (Wildman–Crippen MR) is 79.6 cm³/mol. The van der Waals surface area contributed by atoms with E-state index < -0.39 is 15.8 Å². The van der Waals surface area contributed by atoms with Gasteiger partial charge < -0.3 is 0 Å². The maximum atomic E-state index is 13.7. The number of hydrogen-bond acceptors (Lipinski definition) is 4. The van der Waals surface area contributed by atoms with Gasteiger partial charge in [0.05, 0.1) is 6.54 Å². The largest absolute Gasteiger partial charge is 0.248 e. The Morgan fingerprint density at radius 2 is 2.20 bits per heavy atom. The third-order valence-corrected chi connectivity index (χ3v) is 5.62. The number of hydrogen-bond donors (Lipinski definition) is 1. The molecule has 108 valence electrons. The molecule has 0 saturated carbocycles. The molecular formula is C12H12BrFN2O2S2. The fourth-order valence-electron chi connectivity index (χ4n) is 1.52. The zero-order chi connectivity index (χ0) is 14.8. The summed E-state index contributed by atoms with van der Waals surface area (Å²) in [5.74, 6) is -0.791. The molecule has 0 saturated heterocycles. The number of nitrogens with one attached hydrogen (secondary N) is 1. The quantitative estimate of drug-likeness (QED) is 0.869. The zero-order valence-corrected chi connectivity index (χ0v) is 13.8. The molecule has 0 aliphatic heterocycles. The van der Waals surface area contributed by atoms with Crippen molar-refractivity contribution in [2.24, 2.45) is 0 Å². The van der Waals surface area contributed by atoms with Crippen LogP contribution in [-0.2, 0) is 23.0 Å². The van der Waals surface area contributed by atoms with Crippen LogP contribution in [0.15, 0.2) is 33.8 Å². The number of aromatic nitrogens is 1. The summed E-state index contributed by atoms with van der Waals surface area (Å²) in [7, 11) is -3.88. The van der Waals surface area contributed by atoms with Crippen LogP contribution in [0.2, 0.25) is 0 Å². The molecular weight excluding hydrogens is 367 g/mol. The van der Waals surface area contributed by atoms with Crippen LogP contribution in [0.5, 0.6) is 0 Å². The SMILES string of the molecule is CCc1cnc(CNS(=O)(=O)c2ccc(Br)cc2F)s1. The van der Waals surface area contributed by atoms with Gasteiger partial charge in [0.15, 0.2) is 0 Å². The maximum Gasteiger partial charge on any atom is 0.243 e. The lowest BCUT2D eigenvalue weighted by molar-refractivity contribution is 0.556. The van der Waals surface area contributed by atoms with Crippen molar-refractivity contribution in [3.8, 4) is 0 Å². The number of nitrogens with zero attached hydrogens (tertiary/aromatic N) is 1. The molecule has 20 heavy (non-hydrogen) atoms. The Kier molecular flexibility index (Phi) is 4.90. The van der Waals surface area contributed by atoms with E-state index in [1.54, 1.807) is 6.20 Å². The van der Waals surface area contributed by atoms with Gasteiger partial charge >= 0.3 is 0 Å². The van der Waals surface area contributed by atoms with Crippen molar-refractivity contribution in [3.63, 3.8) is 0 Å². The van der Waals surface area contributed by atoms with E-state index >= 15 is 0 Å². The minimum atomic E-state index is -3.88. The van der Waals surface area contributed by atoms with E-state index in [9.17, 15) is 12.8 Å². The van der Waals surface area contributed by atoms with Crippen LogP contribution in [0.1, 0.15) is 16.8 Å². The summed E-state index contributed by atoms with van der Waals surface area (Å²) in [6.07, 6.45) is 2.57. The molecule has 4 nitrogen and oxygen atoms in total. The summed E-state index contributed by atoms with van der Waals surface area (Å²) in [6.45, 7) is 2.06. The maximum absolute atomic E-state index is 13.7.